The van der Waals surface area contributed by atoms with Gasteiger partial charge in [-0.15, -0.1) is 0 Å². The van der Waals surface area contributed by atoms with E-state index in [0.29, 0.717) is 24.5 Å². The van der Waals surface area contributed by atoms with E-state index in [1.165, 1.54) is 19.0 Å². The highest BCUT2D eigenvalue weighted by Crippen LogP contribution is 2.52. The van der Waals surface area contributed by atoms with Gasteiger partial charge in [-0.05, 0) is 44.5 Å². The van der Waals surface area contributed by atoms with Crippen molar-refractivity contribution in [2.45, 2.75) is 24.5 Å². The van der Waals surface area contributed by atoms with E-state index in [-0.39, 0.29) is 36.1 Å². The van der Waals surface area contributed by atoms with Gasteiger partial charge in [-0.25, -0.2) is 0 Å². The molecule has 1 spiro atoms. The lowest BCUT2D eigenvalue weighted by Crippen LogP contribution is -2.74. The number of rotatable bonds is 6. The standard InChI is InChI=1S/C30H37N5O9/c1-33(2)17-7-16(32-18(36)8-35-9-29(10-35)11-44-12-29)23(37)20-14(17)5-13-6-15-22(34(3)4)25(39)21(28(31)42)27(41)30(15,43)26(40)19(13)24(20)38/h7,13,15,19,21-22,37,43H,5-6,8-12H2,1-4H3,(H2,31,42)(H,32,36)/t13-,15-,19?,21?,22-,30-/m0/s1. The molecule has 236 valence electrons. The molecule has 14 nitrogen and oxygen atoms in total. The molecular formula is C30H37N5O9. The smallest absolute Gasteiger partial charge is 0.238 e. The van der Waals surface area contributed by atoms with Crippen molar-refractivity contribution in [2.75, 3.05) is 71.3 Å². The van der Waals surface area contributed by atoms with Crippen LogP contribution in [-0.4, -0.2) is 128 Å². The van der Waals surface area contributed by atoms with Gasteiger partial charge in [-0.3, -0.25) is 38.6 Å². The molecule has 2 aliphatic heterocycles. The first-order chi connectivity index (χ1) is 20.6. The highest BCUT2D eigenvalue weighted by molar-refractivity contribution is 6.32. The number of hydrogen-bond acceptors (Lipinski definition) is 12. The summed E-state index contributed by atoms with van der Waals surface area (Å²) in [6.07, 6.45) is 0.0808. The summed E-state index contributed by atoms with van der Waals surface area (Å²) >= 11 is 0. The molecule has 4 fully saturated rings. The van der Waals surface area contributed by atoms with E-state index in [1.807, 2.05) is 4.90 Å². The molecule has 5 N–H and O–H groups in total. The van der Waals surface area contributed by atoms with Crippen molar-refractivity contribution in [3.05, 3.63) is 17.2 Å². The number of amides is 2. The van der Waals surface area contributed by atoms with E-state index in [2.05, 4.69) is 5.32 Å². The molecule has 0 aromatic heterocycles. The van der Waals surface area contributed by atoms with Crippen LogP contribution in [0.4, 0.5) is 11.4 Å². The SMILES string of the molecule is CN(C)c1cc(NC(=O)CN2CC3(COC3)C2)c(O)c2c1C[C@H]1C[C@H]3[C@H](N(C)C)C(=O)C(C(N)=O)C(=O)[C@@]3(O)C(=O)C1C2=O. The van der Waals surface area contributed by atoms with Crippen LogP contribution in [-0.2, 0) is 35.1 Å². The van der Waals surface area contributed by atoms with Crippen molar-refractivity contribution in [2.24, 2.45) is 34.8 Å². The molecule has 1 aromatic carbocycles. The predicted octanol–water partition coefficient (Wildman–Crippen LogP) is -1.80. The van der Waals surface area contributed by atoms with Gasteiger partial charge in [0.25, 0.3) is 0 Å². The lowest BCUT2D eigenvalue weighted by atomic mass is 9.52. The zero-order chi connectivity index (χ0) is 32.0. The summed E-state index contributed by atoms with van der Waals surface area (Å²) in [5.41, 5.74) is 3.50. The normalized spacial score (nSPS) is 32.4. The van der Waals surface area contributed by atoms with E-state index in [9.17, 15) is 39.0 Å². The number of nitrogens with zero attached hydrogens (tertiary/aromatic N) is 3. The van der Waals surface area contributed by atoms with E-state index in [0.717, 1.165) is 13.1 Å². The van der Waals surface area contributed by atoms with Gasteiger partial charge in [0.2, 0.25) is 11.8 Å². The number of aromatic hydroxyl groups is 1. The topological polar surface area (TPSA) is 200 Å². The predicted molar refractivity (Wildman–Crippen MR) is 154 cm³/mol. The van der Waals surface area contributed by atoms with Crippen LogP contribution in [0.5, 0.6) is 5.75 Å². The number of ketones is 4. The highest BCUT2D eigenvalue weighted by atomic mass is 16.5. The van der Waals surface area contributed by atoms with E-state index in [4.69, 9.17) is 10.5 Å². The molecule has 3 aliphatic carbocycles. The number of carbonyl (C=O) groups excluding carboxylic acids is 6. The van der Waals surface area contributed by atoms with Crippen LogP contribution < -0.4 is 16.0 Å². The Kier molecular flexibility index (Phi) is 7.00. The maximum absolute atomic E-state index is 14.1. The average molecular weight is 612 g/mol. The molecule has 14 heteroatoms. The van der Waals surface area contributed by atoms with Crippen LogP contribution >= 0.6 is 0 Å². The van der Waals surface area contributed by atoms with Gasteiger partial charge in [0.05, 0.1) is 43.0 Å². The Bertz CT molecular complexity index is 1510. The fourth-order valence-electron chi connectivity index (χ4n) is 8.13. The average Bonchev–Trinajstić information content (AvgIpc) is 2.87. The van der Waals surface area contributed by atoms with E-state index < -0.39 is 76.0 Å². The molecule has 1 aromatic rings. The molecular weight excluding hydrogens is 574 g/mol. The maximum Gasteiger partial charge on any atom is 0.238 e. The Hall–Kier alpha value is -3.72. The quantitative estimate of drug-likeness (QED) is 0.208. The van der Waals surface area contributed by atoms with Crippen molar-refractivity contribution in [3.8, 4) is 5.75 Å². The van der Waals surface area contributed by atoms with Crippen molar-refractivity contribution in [1.82, 2.24) is 9.80 Å². The third-order valence-corrected chi connectivity index (χ3v) is 10.1. The first-order valence-corrected chi connectivity index (χ1v) is 14.6. The van der Waals surface area contributed by atoms with Crippen molar-refractivity contribution >= 4 is 46.3 Å². The lowest BCUT2D eigenvalue weighted by Gasteiger charge is -2.54. The minimum atomic E-state index is -2.80. The molecule has 0 radical (unpaired) electrons. The molecule has 2 unspecified atom stereocenters. The minimum absolute atomic E-state index is 0.00730. The van der Waals surface area contributed by atoms with Crippen LogP contribution in [0.1, 0.15) is 22.3 Å². The van der Waals surface area contributed by atoms with Crippen LogP contribution in [0.3, 0.4) is 0 Å². The van der Waals surface area contributed by atoms with Gasteiger partial charge in [0.1, 0.15) is 5.75 Å². The number of nitrogens with two attached hydrogens (primary N) is 1. The molecule has 2 saturated carbocycles. The number of primary amides is 1. The van der Waals surface area contributed by atoms with Gasteiger partial charge in [0, 0.05) is 44.2 Å². The van der Waals surface area contributed by atoms with Crippen LogP contribution in [0.2, 0.25) is 0 Å². The number of likely N-dealkylation sites (tertiary alicyclic amines) is 1. The minimum Gasteiger partial charge on any atom is -0.505 e. The number of aliphatic hydroxyl groups is 1. The summed E-state index contributed by atoms with van der Waals surface area (Å²) in [5.74, 6) is -11.7. The molecule has 6 rings (SSSR count). The van der Waals surface area contributed by atoms with Crippen molar-refractivity contribution in [1.29, 1.82) is 0 Å². The van der Waals surface area contributed by atoms with E-state index >= 15 is 0 Å². The van der Waals surface area contributed by atoms with Crippen LogP contribution in [0.15, 0.2) is 6.07 Å². The number of ether oxygens (including phenoxy) is 1. The monoisotopic (exact) mass is 611 g/mol. The molecule has 0 bridgehead atoms. The zero-order valence-corrected chi connectivity index (χ0v) is 25.1. The van der Waals surface area contributed by atoms with Gasteiger partial charge >= 0.3 is 0 Å². The number of fused-ring (bicyclic) bond motifs is 3. The van der Waals surface area contributed by atoms with Gasteiger partial charge in [-0.1, -0.05) is 0 Å². The number of Topliss-reactive ketones (excluding diaryl/α,β-unsaturated/α-hetero) is 4. The largest absolute Gasteiger partial charge is 0.505 e. The first-order valence-electron chi connectivity index (χ1n) is 14.6. The Morgan fingerprint density at radius 2 is 1.77 bits per heavy atom. The van der Waals surface area contributed by atoms with Crippen LogP contribution in [0, 0.1) is 29.1 Å². The molecule has 44 heavy (non-hydrogen) atoms. The summed E-state index contributed by atoms with van der Waals surface area (Å²) in [5, 5.41) is 25.8. The molecule has 2 amide bonds. The van der Waals surface area contributed by atoms with Gasteiger partial charge < -0.3 is 30.9 Å². The highest BCUT2D eigenvalue weighted by Gasteiger charge is 2.69. The Morgan fingerprint density at radius 1 is 1.11 bits per heavy atom. The number of hydrogen-bond donors (Lipinski definition) is 4. The molecule has 5 aliphatic rings. The van der Waals surface area contributed by atoms with Gasteiger partial charge in [0.15, 0.2) is 34.7 Å². The van der Waals surface area contributed by atoms with Crippen LogP contribution in [0.25, 0.3) is 0 Å². The number of anilines is 2. The summed E-state index contributed by atoms with van der Waals surface area (Å²) in [6.45, 7) is 2.87. The summed E-state index contributed by atoms with van der Waals surface area (Å²) in [4.78, 5) is 85.2. The first kappa shape index (κ1) is 30.3. The third kappa shape index (κ3) is 4.22. The fourth-order valence-corrected chi connectivity index (χ4v) is 8.13. The summed E-state index contributed by atoms with van der Waals surface area (Å²) in [6, 6.07) is 0.403. The van der Waals surface area contributed by atoms with Gasteiger partial charge in [-0.2, -0.15) is 0 Å². The maximum atomic E-state index is 14.1. The van der Waals surface area contributed by atoms with Crippen molar-refractivity contribution < 1.29 is 43.7 Å². The van der Waals surface area contributed by atoms with E-state index in [1.54, 1.807) is 25.1 Å². The second-order valence-corrected chi connectivity index (χ2v) is 13.5. The fraction of sp³-hybridized carbons (Fsp3) is 0.600. The third-order valence-electron chi connectivity index (χ3n) is 10.1. The second-order valence-electron chi connectivity index (χ2n) is 13.5. The lowest BCUT2D eigenvalue weighted by molar-refractivity contribution is -0.189. The second kappa shape index (κ2) is 10.2. The molecule has 6 atom stereocenters. The summed E-state index contributed by atoms with van der Waals surface area (Å²) in [7, 11) is 6.55. The Balaban J connectivity index is 1.35. The number of carbonyl (C=O) groups is 6. The number of nitrogens with one attached hydrogen (secondary N) is 1. The number of phenolic OH excluding ortho intramolecular Hbond substituents is 1. The summed E-state index contributed by atoms with van der Waals surface area (Å²) < 4.78 is 5.27. The number of benzene rings is 1. The number of likely N-dealkylation sites (N-methyl/N-ethyl adjacent to an activating group) is 1. The Labute approximate surface area is 253 Å². The zero-order valence-electron chi connectivity index (χ0n) is 25.1. The van der Waals surface area contributed by atoms with Crippen molar-refractivity contribution in [3.63, 3.8) is 0 Å². The molecule has 2 saturated heterocycles. The molecule has 2 heterocycles. The number of phenols is 1. The Morgan fingerprint density at radius 3 is 2.32 bits per heavy atom.